The van der Waals surface area contributed by atoms with Crippen LogP contribution in [0.25, 0.3) is 11.1 Å². The molecule has 2 aromatic carbocycles. The van der Waals surface area contributed by atoms with Crippen molar-refractivity contribution in [3.05, 3.63) is 75.7 Å². The second kappa shape index (κ2) is 10.3. The lowest BCUT2D eigenvalue weighted by molar-refractivity contribution is 0.361. The standard InChI is InChI=1S/C26H30N4O3S2/c27-22-5-1-2-6-24(22)30-35(32,33)20-14-12-19(13-15-20)18-10-8-17(9-11-18)16-34-26-28-23-7-3-4-21(23)25(31)29-26/h8-15,22,24,30H,1-7,16,27H2,(H,28,29,31)/t22-,24?/m0/s1. The maximum absolute atomic E-state index is 12.8. The van der Waals surface area contributed by atoms with Crippen molar-refractivity contribution in [2.75, 3.05) is 0 Å². The van der Waals surface area contributed by atoms with Gasteiger partial charge in [0.25, 0.3) is 5.56 Å². The molecule has 1 saturated carbocycles. The van der Waals surface area contributed by atoms with Gasteiger partial charge in [-0.05, 0) is 60.9 Å². The number of nitrogens with one attached hydrogen (secondary N) is 2. The largest absolute Gasteiger partial charge is 0.326 e. The molecular formula is C26H30N4O3S2. The van der Waals surface area contributed by atoms with Gasteiger partial charge in [0.15, 0.2) is 5.16 Å². The molecule has 4 N–H and O–H groups in total. The summed E-state index contributed by atoms with van der Waals surface area (Å²) in [5.74, 6) is 0.703. The van der Waals surface area contributed by atoms with Crippen molar-refractivity contribution in [2.45, 2.75) is 72.8 Å². The Morgan fingerprint density at radius 2 is 1.66 bits per heavy atom. The zero-order chi connectivity index (χ0) is 24.4. The molecule has 1 heterocycles. The van der Waals surface area contributed by atoms with E-state index in [-0.39, 0.29) is 22.5 Å². The highest BCUT2D eigenvalue weighted by Crippen LogP contribution is 2.26. The Morgan fingerprint density at radius 1 is 0.971 bits per heavy atom. The smallest absolute Gasteiger partial charge is 0.254 e. The second-order valence-corrected chi connectivity index (χ2v) is 12.0. The van der Waals surface area contributed by atoms with E-state index in [9.17, 15) is 13.2 Å². The monoisotopic (exact) mass is 510 g/mol. The molecule has 0 saturated heterocycles. The number of sulfonamides is 1. The van der Waals surface area contributed by atoms with Crippen LogP contribution in [-0.2, 0) is 28.6 Å². The van der Waals surface area contributed by atoms with Crippen LogP contribution < -0.4 is 16.0 Å². The van der Waals surface area contributed by atoms with Gasteiger partial charge in [0.05, 0.1) is 10.6 Å². The highest BCUT2D eigenvalue weighted by molar-refractivity contribution is 7.98. The fourth-order valence-electron chi connectivity index (χ4n) is 4.83. The second-order valence-electron chi connectivity index (χ2n) is 9.34. The van der Waals surface area contributed by atoms with Crippen LogP contribution in [0.2, 0.25) is 0 Å². The highest BCUT2D eigenvalue weighted by atomic mass is 32.2. The Bertz CT molecular complexity index is 1350. The van der Waals surface area contributed by atoms with Crippen LogP contribution in [0.1, 0.15) is 48.9 Å². The van der Waals surface area contributed by atoms with Gasteiger partial charge in [-0.25, -0.2) is 18.1 Å². The molecular weight excluding hydrogens is 480 g/mol. The Labute approximate surface area is 210 Å². The summed E-state index contributed by atoms with van der Waals surface area (Å²) >= 11 is 1.53. The van der Waals surface area contributed by atoms with Crippen molar-refractivity contribution in [2.24, 2.45) is 5.73 Å². The number of nitrogens with two attached hydrogens (primary N) is 1. The number of benzene rings is 2. The minimum absolute atomic E-state index is 0.00686. The third-order valence-corrected chi connectivity index (χ3v) is 9.32. The molecule has 184 valence electrons. The third kappa shape index (κ3) is 5.53. The fraction of sp³-hybridized carbons (Fsp3) is 0.385. The highest BCUT2D eigenvalue weighted by Gasteiger charge is 2.27. The van der Waals surface area contributed by atoms with Crippen molar-refractivity contribution in [1.29, 1.82) is 0 Å². The number of nitrogens with zero attached hydrogens (tertiary/aromatic N) is 1. The minimum atomic E-state index is -3.60. The third-order valence-electron chi connectivity index (χ3n) is 6.87. The first-order valence-corrected chi connectivity index (χ1v) is 14.6. The lowest BCUT2D eigenvalue weighted by atomic mass is 9.92. The molecule has 35 heavy (non-hydrogen) atoms. The van der Waals surface area contributed by atoms with Crippen LogP contribution >= 0.6 is 11.8 Å². The predicted molar refractivity (Wildman–Crippen MR) is 139 cm³/mol. The Balaban J connectivity index is 1.22. The van der Waals surface area contributed by atoms with Crippen LogP contribution in [0.4, 0.5) is 0 Å². The summed E-state index contributed by atoms with van der Waals surface area (Å²) in [6, 6.07) is 14.8. The van der Waals surface area contributed by atoms with Crippen LogP contribution in [0.3, 0.4) is 0 Å². The van der Waals surface area contributed by atoms with E-state index < -0.39 is 10.0 Å². The van der Waals surface area contributed by atoms with Crippen molar-refractivity contribution >= 4 is 21.8 Å². The van der Waals surface area contributed by atoms with E-state index >= 15 is 0 Å². The van der Waals surface area contributed by atoms with Gasteiger partial charge >= 0.3 is 0 Å². The molecule has 2 atom stereocenters. The van der Waals surface area contributed by atoms with Gasteiger partial charge in [-0.15, -0.1) is 0 Å². The molecule has 0 amide bonds. The summed E-state index contributed by atoms with van der Waals surface area (Å²) in [5.41, 5.74) is 11.0. The number of hydrogen-bond donors (Lipinski definition) is 3. The summed E-state index contributed by atoms with van der Waals surface area (Å²) in [4.78, 5) is 19.9. The first-order valence-electron chi connectivity index (χ1n) is 12.1. The van der Waals surface area contributed by atoms with Crippen LogP contribution in [-0.4, -0.2) is 30.5 Å². The zero-order valence-corrected chi connectivity index (χ0v) is 21.1. The van der Waals surface area contributed by atoms with Gasteiger partial charge in [-0.3, -0.25) is 4.79 Å². The lowest BCUT2D eigenvalue weighted by Gasteiger charge is -2.29. The number of fused-ring (bicyclic) bond motifs is 1. The van der Waals surface area contributed by atoms with E-state index in [2.05, 4.69) is 14.7 Å². The molecule has 7 nitrogen and oxygen atoms in total. The van der Waals surface area contributed by atoms with Gasteiger partial charge in [-0.2, -0.15) is 0 Å². The topological polar surface area (TPSA) is 118 Å². The maximum Gasteiger partial charge on any atom is 0.254 e. The minimum Gasteiger partial charge on any atom is -0.326 e. The first kappa shape index (κ1) is 24.2. The molecule has 2 aliphatic carbocycles. The van der Waals surface area contributed by atoms with E-state index in [4.69, 9.17) is 5.73 Å². The van der Waals surface area contributed by atoms with E-state index in [1.807, 2.05) is 36.4 Å². The van der Waals surface area contributed by atoms with Gasteiger partial charge in [0.1, 0.15) is 0 Å². The molecule has 0 radical (unpaired) electrons. The van der Waals surface area contributed by atoms with E-state index in [1.165, 1.54) is 11.8 Å². The average Bonchev–Trinajstić information content (AvgIpc) is 3.34. The molecule has 0 spiro atoms. The first-order chi connectivity index (χ1) is 16.9. The number of aromatic nitrogens is 2. The summed E-state index contributed by atoms with van der Waals surface area (Å²) in [6.07, 6.45) is 6.38. The van der Waals surface area contributed by atoms with Crippen molar-refractivity contribution < 1.29 is 8.42 Å². The van der Waals surface area contributed by atoms with Crippen molar-refractivity contribution in [3.8, 4) is 11.1 Å². The SMILES string of the molecule is N[C@H]1CCCCC1NS(=O)(=O)c1ccc(-c2ccc(CSc3nc4c(c(=O)[nH]3)CCC4)cc2)cc1. The molecule has 5 rings (SSSR count). The van der Waals surface area contributed by atoms with Crippen molar-refractivity contribution in [1.82, 2.24) is 14.7 Å². The van der Waals surface area contributed by atoms with Crippen LogP contribution in [0.5, 0.6) is 0 Å². The molecule has 0 bridgehead atoms. The number of aromatic amines is 1. The van der Waals surface area contributed by atoms with Crippen LogP contribution in [0.15, 0.2) is 63.4 Å². The number of aryl methyl sites for hydroxylation is 1. The zero-order valence-electron chi connectivity index (χ0n) is 19.5. The molecule has 1 aromatic heterocycles. The Morgan fingerprint density at radius 3 is 2.37 bits per heavy atom. The molecule has 3 aromatic rings. The number of hydrogen-bond acceptors (Lipinski definition) is 6. The molecule has 1 fully saturated rings. The Hall–Kier alpha value is -2.46. The maximum atomic E-state index is 12.8. The van der Waals surface area contributed by atoms with Gasteiger partial charge < -0.3 is 10.7 Å². The predicted octanol–water partition coefficient (Wildman–Crippen LogP) is 3.77. The summed E-state index contributed by atoms with van der Waals surface area (Å²) < 4.78 is 28.4. The summed E-state index contributed by atoms with van der Waals surface area (Å²) in [7, 11) is -3.60. The average molecular weight is 511 g/mol. The molecule has 1 unspecified atom stereocenters. The molecule has 2 aliphatic rings. The number of H-pyrrole nitrogens is 1. The lowest BCUT2D eigenvalue weighted by Crippen LogP contribution is -2.49. The number of rotatable bonds is 7. The van der Waals surface area contributed by atoms with Crippen LogP contribution in [0, 0.1) is 0 Å². The molecule has 0 aliphatic heterocycles. The summed E-state index contributed by atoms with van der Waals surface area (Å²) in [5, 5.41) is 0.666. The molecule has 9 heteroatoms. The normalized spacial score (nSPS) is 20.0. The summed E-state index contributed by atoms with van der Waals surface area (Å²) in [6.45, 7) is 0. The Kier molecular flexibility index (Phi) is 7.11. The number of thioether (sulfide) groups is 1. The van der Waals surface area contributed by atoms with Gasteiger partial charge in [0.2, 0.25) is 10.0 Å². The van der Waals surface area contributed by atoms with E-state index in [0.717, 1.165) is 72.9 Å². The van der Waals surface area contributed by atoms with Crippen molar-refractivity contribution in [3.63, 3.8) is 0 Å². The van der Waals surface area contributed by atoms with Gasteiger partial charge in [-0.1, -0.05) is 61.0 Å². The fourth-order valence-corrected chi connectivity index (χ4v) is 6.99. The quantitative estimate of drug-likeness (QED) is 0.329. The van der Waals surface area contributed by atoms with E-state index in [1.54, 1.807) is 12.1 Å². The van der Waals surface area contributed by atoms with Gasteiger partial charge in [0, 0.05) is 23.4 Å². The van der Waals surface area contributed by atoms with E-state index in [0.29, 0.717) is 10.9 Å².